The number of hydrogen-bond donors (Lipinski definition) is 4. The first-order chi connectivity index (χ1) is 24.0. The lowest BCUT2D eigenvalue weighted by atomic mass is 10.1. The Balaban J connectivity index is 1.12. The summed E-state index contributed by atoms with van der Waals surface area (Å²) < 4.78 is 21.9. The van der Waals surface area contributed by atoms with Crippen LogP contribution in [0.2, 0.25) is 5.02 Å². The number of hydrogen-bond acceptors (Lipinski definition) is 12. The van der Waals surface area contributed by atoms with Crippen LogP contribution in [0.25, 0.3) is 0 Å². The molecule has 1 aromatic heterocycles. The van der Waals surface area contributed by atoms with Gasteiger partial charge < -0.3 is 50.0 Å². The molecule has 1 fully saturated rings. The predicted molar refractivity (Wildman–Crippen MR) is 190 cm³/mol. The fraction of sp³-hybridized carbons (Fsp3) is 0.471. The van der Waals surface area contributed by atoms with Crippen LogP contribution >= 0.6 is 11.6 Å². The van der Waals surface area contributed by atoms with E-state index >= 15 is 0 Å². The zero-order valence-electron chi connectivity index (χ0n) is 28.2. The van der Waals surface area contributed by atoms with Gasteiger partial charge in [0.05, 0.1) is 76.7 Å². The molecule has 2 heterocycles. The number of halogens is 1. The molecule has 2 aromatic carbocycles. The fourth-order valence-corrected chi connectivity index (χ4v) is 5.06. The van der Waals surface area contributed by atoms with Crippen LogP contribution in [0.3, 0.4) is 0 Å². The Bertz CT molecular complexity index is 1440. The van der Waals surface area contributed by atoms with Gasteiger partial charge >= 0.3 is 0 Å². The molecule has 0 bridgehead atoms. The molecule has 1 aliphatic rings. The van der Waals surface area contributed by atoms with E-state index in [0.29, 0.717) is 100 Å². The van der Waals surface area contributed by atoms with E-state index in [9.17, 15) is 9.59 Å². The molecule has 3 aromatic rings. The van der Waals surface area contributed by atoms with Crippen LogP contribution in [0.4, 0.5) is 28.8 Å². The number of piperazine rings is 1. The number of carbonyl (C=O) groups is 2. The van der Waals surface area contributed by atoms with Gasteiger partial charge in [-0.3, -0.25) is 9.59 Å². The second-order valence-corrected chi connectivity index (χ2v) is 11.4. The molecule has 0 radical (unpaired) electrons. The molecular weight excluding hydrogens is 652 g/mol. The minimum absolute atomic E-state index is 0.0967. The summed E-state index contributed by atoms with van der Waals surface area (Å²) in [5.41, 5.74) is 2.91. The minimum atomic E-state index is -0.223. The summed E-state index contributed by atoms with van der Waals surface area (Å²) in [5.74, 6) is 0.594. The lowest BCUT2D eigenvalue weighted by Gasteiger charge is -2.36. The Kier molecular flexibility index (Phi) is 16.3. The van der Waals surface area contributed by atoms with E-state index in [2.05, 4.69) is 36.1 Å². The van der Waals surface area contributed by atoms with E-state index in [-0.39, 0.29) is 11.8 Å². The second kappa shape index (κ2) is 21.1. The molecule has 1 aliphatic heterocycles. The lowest BCUT2D eigenvalue weighted by Crippen LogP contribution is -2.49. The highest BCUT2D eigenvalue weighted by molar-refractivity contribution is 6.33. The van der Waals surface area contributed by atoms with Gasteiger partial charge in [0.1, 0.15) is 5.02 Å². The molecule has 2 amide bonds. The van der Waals surface area contributed by atoms with Gasteiger partial charge in [-0.05, 0) is 43.4 Å². The summed E-state index contributed by atoms with van der Waals surface area (Å²) in [7, 11) is 3.47. The van der Waals surface area contributed by atoms with Crippen molar-refractivity contribution >= 4 is 52.2 Å². The van der Waals surface area contributed by atoms with Crippen LogP contribution in [-0.2, 0) is 23.7 Å². The van der Waals surface area contributed by atoms with Crippen LogP contribution in [0, 0.1) is 0 Å². The summed E-state index contributed by atoms with van der Waals surface area (Å²) in [6.45, 7) is 7.68. The summed E-state index contributed by atoms with van der Waals surface area (Å²) in [6.07, 6.45) is 1.85. The minimum Gasteiger partial charge on any atom is -0.379 e. The molecular formula is C34H47ClN8O6. The quantitative estimate of drug-likeness (QED) is 0.121. The summed E-state index contributed by atoms with van der Waals surface area (Å²) >= 11 is 6.36. The van der Waals surface area contributed by atoms with E-state index in [1.807, 2.05) is 42.3 Å². The van der Waals surface area contributed by atoms with Crippen LogP contribution < -0.4 is 26.2 Å². The largest absolute Gasteiger partial charge is 0.379 e. The van der Waals surface area contributed by atoms with E-state index < -0.39 is 0 Å². The Morgan fingerprint density at radius 3 is 2.08 bits per heavy atom. The van der Waals surface area contributed by atoms with Gasteiger partial charge in [0.25, 0.3) is 5.91 Å². The van der Waals surface area contributed by atoms with E-state index in [1.165, 1.54) is 6.20 Å². The third-order valence-electron chi connectivity index (χ3n) is 7.59. The maximum Gasteiger partial charge on any atom is 0.253 e. The molecule has 0 spiro atoms. The van der Waals surface area contributed by atoms with Crippen molar-refractivity contribution < 1.29 is 28.5 Å². The number of ether oxygens (including phenoxy) is 4. The average Bonchev–Trinajstić information content (AvgIpc) is 3.13. The van der Waals surface area contributed by atoms with Gasteiger partial charge in [-0.2, -0.15) is 4.98 Å². The van der Waals surface area contributed by atoms with Gasteiger partial charge in [-0.1, -0.05) is 23.7 Å². The third kappa shape index (κ3) is 12.7. The van der Waals surface area contributed by atoms with Crippen molar-refractivity contribution in [1.82, 2.24) is 25.5 Å². The van der Waals surface area contributed by atoms with Crippen molar-refractivity contribution in [3.05, 3.63) is 65.3 Å². The number of likely N-dealkylation sites (N-methyl/N-ethyl adjacent to an activating group) is 1. The number of rotatable bonds is 21. The third-order valence-corrected chi connectivity index (χ3v) is 7.87. The van der Waals surface area contributed by atoms with E-state index in [1.54, 1.807) is 25.2 Å². The normalized spacial score (nSPS) is 13.0. The molecule has 49 heavy (non-hydrogen) atoms. The van der Waals surface area contributed by atoms with Crippen molar-refractivity contribution in [2.24, 2.45) is 0 Å². The van der Waals surface area contributed by atoms with Gasteiger partial charge in [-0.25, -0.2) is 4.98 Å². The monoisotopic (exact) mass is 698 g/mol. The topological polar surface area (TPSA) is 151 Å². The Morgan fingerprint density at radius 2 is 1.43 bits per heavy atom. The molecule has 0 aliphatic carbocycles. The standard InChI is InChI=1S/C34H47ClN8O6/c1-36-12-18-47-20-22-49-24-23-48-21-19-46-17-11-31(44)43-15-13-42(14-16-43)27-9-7-26(8-10-27)39-34-38-25-29(35)32(41-34)40-30-6-4-3-5-28(30)33(45)37-2/h3-10,25,36H,11-24H2,1-2H3,(H,37,45)(H2,38,39,40,41). The number of carbonyl (C=O) groups excluding carboxylic acids is 2. The van der Waals surface area contributed by atoms with Crippen LogP contribution in [0.15, 0.2) is 54.7 Å². The van der Waals surface area contributed by atoms with Crippen LogP contribution in [0.5, 0.6) is 0 Å². The zero-order chi connectivity index (χ0) is 34.7. The van der Waals surface area contributed by atoms with E-state index in [4.69, 9.17) is 30.5 Å². The molecule has 4 rings (SSSR count). The van der Waals surface area contributed by atoms with E-state index in [0.717, 1.165) is 31.0 Å². The molecule has 4 N–H and O–H groups in total. The van der Waals surface area contributed by atoms with Crippen molar-refractivity contribution in [2.75, 3.05) is 115 Å². The molecule has 266 valence electrons. The van der Waals surface area contributed by atoms with Crippen molar-refractivity contribution in [3.8, 4) is 0 Å². The summed E-state index contributed by atoms with van der Waals surface area (Å²) in [4.78, 5) is 37.9. The lowest BCUT2D eigenvalue weighted by molar-refractivity contribution is -0.132. The van der Waals surface area contributed by atoms with Crippen molar-refractivity contribution in [1.29, 1.82) is 0 Å². The van der Waals surface area contributed by atoms with Gasteiger partial charge in [-0.15, -0.1) is 0 Å². The SMILES string of the molecule is CNCCOCCOCCOCCOCCC(=O)N1CCN(c2ccc(Nc3ncc(Cl)c(Nc4ccccc4C(=O)NC)n3)cc2)CC1. The number of nitrogens with one attached hydrogen (secondary N) is 4. The molecule has 0 atom stereocenters. The fourth-order valence-electron chi connectivity index (χ4n) is 4.92. The van der Waals surface area contributed by atoms with Gasteiger partial charge in [0, 0.05) is 51.1 Å². The van der Waals surface area contributed by atoms with Crippen molar-refractivity contribution in [2.45, 2.75) is 6.42 Å². The van der Waals surface area contributed by atoms with Crippen LogP contribution in [0.1, 0.15) is 16.8 Å². The van der Waals surface area contributed by atoms with Crippen LogP contribution in [-0.4, -0.2) is 126 Å². The first kappa shape index (κ1) is 37.8. The highest BCUT2D eigenvalue weighted by Gasteiger charge is 2.21. The first-order valence-corrected chi connectivity index (χ1v) is 16.8. The molecule has 0 saturated carbocycles. The molecule has 15 heteroatoms. The maximum atomic E-state index is 12.7. The number of amides is 2. The summed E-state index contributed by atoms with van der Waals surface area (Å²) in [5, 5.41) is 12.3. The number of nitrogens with zero attached hydrogens (tertiary/aromatic N) is 4. The molecule has 1 saturated heterocycles. The Hall–Kier alpha value is -4.05. The Morgan fingerprint density at radius 1 is 0.796 bits per heavy atom. The Labute approximate surface area is 292 Å². The highest BCUT2D eigenvalue weighted by Crippen LogP contribution is 2.27. The van der Waals surface area contributed by atoms with Gasteiger partial charge in [0.15, 0.2) is 5.82 Å². The maximum absolute atomic E-state index is 12.7. The van der Waals surface area contributed by atoms with Gasteiger partial charge in [0.2, 0.25) is 11.9 Å². The number of benzene rings is 2. The predicted octanol–water partition coefficient (Wildman–Crippen LogP) is 3.30. The number of para-hydroxylation sites is 1. The molecule has 0 unspecified atom stereocenters. The first-order valence-electron chi connectivity index (χ1n) is 16.4. The van der Waals surface area contributed by atoms with Crippen molar-refractivity contribution in [3.63, 3.8) is 0 Å². The highest BCUT2D eigenvalue weighted by atomic mass is 35.5. The molecule has 14 nitrogen and oxygen atoms in total. The summed E-state index contributed by atoms with van der Waals surface area (Å²) in [6, 6.07) is 15.1. The second-order valence-electron chi connectivity index (χ2n) is 11.0. The average molecular weight is 699 g/mol. The number of anilines is 5. The zero-order valence-corrected chi connectivity index (χ0v) is 29.0. The number of aromatic nitrogens is 2. The smallest absolute Gasteiger partial charge is 0.253 e.